The van der Waals surface area contributed by atoms with Gasteiger partial charge in [0.05, 0.1) is 18.8 Å². The van der Waals surface area contributed by atoms with Crippen LogP contribution in [-0.2, 0) is 6.42 Å². The standard InChI is InChI=1S/C19H22N4O2/c1-4-14-6-8-15(9-7-14)13(3)20-19(24)16-12-23-17(21-16)10-11-18(22-23)25-5-2/h6-13H,4-5H2,1-3H3,(H,20,24). The number of imidazole rings is 1. The predicted molar refractivity (Wildman–Crippen MR) is 95.9 cm³/mol. The van der Waals surface area contributed by atoms with Crippen LogP contribution < -0.4 is 10.1 Å². The molecule has 0 aliphatic rings. The van der Waals surface area contributed by atoms with Crippen LogP contribution in [0.15, 0.2) is 42.6 Å². The van der Waals surface area contributed by atoms with Crippen LogP contribution in [0.5, 0.6) is 5.88 Å². The van der Waals surface area contributed by atoms with Gasteiger partial charge in [-0.15, -0.1) is 5.10 Å². The highest BCUT2D eigenvalue weighted by Gasteiger charge is 2.15. The first-order valence-electron chi connectivity index (χ1n) is 8.49. The summed E-state index contributed by atoms with van der Waals surface area (Å²) < 4.78 is 6.92. The van der Waals surface area contributed by atoms with Gasteiger partial charge in [0.25, 0.3) is 5.91 Å². The number of carbonyl (C=O) groups excluding carboxylic acids is 1. The van der Waals surface area contributed by atoms with Crippen molar-refractivity contribution in [3.05, 3.63) is 59.4 Å². The SMILES string of the molecule is CCOc1ccc2nc(C(=O)NC(C)c3ccc(CC)cc3)cn2n1. The van der Waals surface area contributed by atoms with E-state index in [1.54, 1.807) is 22.8 Å². The molecule has 0 saturated heterocycles. The summed E-state index contributed by atoms with van der Waals surface area (Å²) in [5.41, 5.74) is 3.27. The van der Waals surface area contributed by atoms with Crippen LogP contribution in [0.25, 0.3) is 5.65 Å². The van der Waals surface area contributed by atoms with Crippen molar-refractivity contribution < 1.29 is 9.53 Å². The van der Waals surface area contributed by atoms with Gasteiger partial charge in [-0.25, -0.2) is 9.50 Å². The van der Waals surface area contributed by atoms with Gasteiger partial charge in [0.2, 0.25) is 5.88 Å². The summed E-state index contributed by atoms with van der Waals surface area (Å²) in [6.45, 7) is 6.51. The highest BCUT2D eigenvalue weighted by Crippen LogP contribution is 2.15. The first kappa shape index (κ1) is 17.0. The Hall–Kier alpha value is -2.89. The molecule has 1 amide bonds. The van der Waals surface area contributed by atoms with Crippen molar-refractivity contribution in [3.63, 3.8) is 0 Å². The highest BCUT2D eigenvalue weighted by molar-refractivity contribution is 5.93. The van der Waals surface area contributed by atoms with Gasteiger partial charge in [-0.2, -0.15) is 0 Å². The molecule has 0 spiro atoms. The number of hydrogen-bond acceptors (Lipinski definition) is 4. The number of rotatable bonds is 6. The lowest BCUT2D eigenvalue weighted by Crippen LogP contribution is -2.26. The molecule has 0 saturated carbocycles. The quantitative estimate of drug-likeness (QED) is 0.749. The zero-order chi connectivity index (χ0) is 17.8. The zero-order valence-electron chi connectivity index (χ0n) is 14.7. The molecule has 25 heavy (non-hydrogen) atoms. The van der Waals surface area contributed by atoms with Crippen LogP contribution in [0.1, 0.15) is 48.4 Å². The third kappa shape index (κ3) is 3.79. The normalized spacial score (nSPS) is 12.1. The van der Waals surface area contributed by atoms with Crippen LogP contribution in [0, 0.1) is 0 Å². The zero-order valence-corrected chi connectivity index (χ0v) is 14.7. The molecular weight excluding hydrogens is 316 g/mol. The Kier molecular flexibility index (Phi) is 4.97. The molecule has 0 fully saturated rings. The average molecular weight is 338 g/mol. The lowest BCUT2D eigenvalue weighted by atomic mass is 10.0. The molecule has 0 bridgehead atoms. The first-order valence-corrected chi connectivity index (χ1v) is 8.49. The molecule has 0 radical (unpaired) electrons. The van der Waals surface area contributed by atoms with E-state index in [0.29, 0.717) is 23.8 Å². The topological polar surface area (TPSA) is 68.5 Å². The number of amides is 1. The second kappa shape index (κ2) is 7.34. The number of benzene rings is 1. The Labute approximate surface area is 146 Å². The van der Waals surface area contributed by atoms with E-state index < -0.39 is 0 Å². The molecule has 1 aromatic carbocycles. The van der Waals surface area contributed by atoms with E-state index in [4.69, 9.17) is 4.74 Å². The van der Waals surface area contributed by atoms with Crippen molar-refractivity contribution in [2.75, 3.05) is 6.61 Å². The van der Waals surface area contributed by atoms with E-state index in [9.17, 15) is 4.79 Å². The van der Waals surface area contributed by atoms with Crippen molar-refractivity contribution in [1.82, 2.24) is 19.9 Å². The number of nitrogens with zero attached hydrogens (tertiary/aromatic N) is 3. The Bertz CT molecular complexity index is 871. The average Bonchev–Trinajstić information content (AvgIpc) is 3.05. The summed E-state index contributed by atoms with van der Waals surface area (Å²) in [7, 11) is 0. The van der Waals surface area contributed by atoms with E-state index in [-0.39, 0.29) is 11.9 Å². The smallest absolute Gasteiger partial charge is 0.272 e. The molecule has 2 heterocycles. The third-order valence-electron chi connectivity index (χ3n) is 4.06. The van der Waals surface area contributed by atoms with E-state index in [0.717, 1.165) is 12.0 Å². The maximum absolute atomic E-state index is 12.5. The maximum Gasteiger partial charge on any atom is 0.272 e. The first-order chi connectivity index (χ1) is 12.1. The minimum absolute atomic E-state index is 0.102. The molecule has 0 aliphatic heterocycles. The van der Waals surface area contributed by atoms with Crippen LogP contribution >= 0.6 is 0 Å². The Balaban J connectivity index is 1.74. The van der Waals surface area contributed by atoms with E-state index in [1.165, 1.54) is 5.56 Å². The maximum atomic E-state index is 12.5. The largest absolute Gasteiger partial charge is 0.477 e. The van der Waals surface area contributed by atoms with Crippen LogP contribution in [0.3, 0.4) is 0 Å². The Morgan fingerprint density at radius 2 is 1.96 bits per heavy atom. The summed E-state index contributed by atoms with van der Waals surface area (Å²) in [5.74, 6) is 0.277. The molecule has 6 heteroatoms. The Morgan fingerprint density at radius 3 is 2.64 bits per heavy atom. The van der Waals surface area contributed by atoms with E-state index in [1.807, 2.05) is 26.0 Å². The number of ether oxygens (including phenoxy) is 1. The lowest BCUT2D eigenvalue weighted by molar-refractivity contribution is 0.0935. The fourth-order valence-electron chi connectivity index (χ4n) is 2.59. The second-order valence-corrected chi connectivity index (χ2v) is 5.82. The summed E-state index contributed by atoms with van der Waals surface area (Å²) in [5, 5.41) is 7.25. The number of aryl methyl sites for hydroxylation is 1. The summed E-state index contributed by atoms with van der Waals surface area (Å²) in [6, 6.07) is 11.7. The second-order valence-electron chi connectivity index (χ2n) is 5.82. The number of carbonyl (C=O) groups is 1. The summed E-state index contributed by atoms with van der Waals surface area (Å²) >= 11 is 0. The minimum atomic E-state index is -0.226. The van der Waals surface area contributed by atoms with E-state index in [2.05, 4.69) is 34.5 Å². The van der Waals surface area contributed by atoms with Gasteiger partial charge in [-0.1, -0.05) is 31.2 Å². The van der Waals surface area contributed by atoms with Crippen molar-refractivity contribution in [2.24, 2.45) is 0 Å². The van der Waals surface area contributed by atoms with Gasteiger partial charge in [-0.05, 0) is 37.5 Å². The number of fused-ring (bicyclic) bond motifs is 1. The minimum Gasteiger partial charge on any atom is -0.477 e. The monoisotopic (exact) mass is 338 g/mol. The molecule has 1 atom stereocenters. The fourth-order valence-corrected chi connectivity index (χ4v) is 2.59. The van der Waals surface area contributed by atoms with Crippen molar-refractivity contribution in [3.8, 4) is 5.88 Å². The fraction of sp³-hybridized carbons (Fsp3) is 0.316. The Morgan fingerprint density at radius 1 is 1.20 bits per heavy atom. The molecule has 1 N–H and O–H groups in total. The van der Waals surface area contributed by atoms with Crippen LogP contribution in [-0.4, -0.2) is 27.1 Å². The molecule has 1 unspecified atom stereocenters. The molecular formula is C19H22N4O2. The van der Waals surface area contributed by atoms with Crippen molar-refractivity contribution in [1.29, 1.82) is 0 Å². The van der Waals surface area contributed by atoms with Gasteiger partial charge in [0, 0.05) is 6.07 Å². The van der Waals surface area contributed by atoms with Crippen molar-refractivity contribution in [2.45, 2.75) is 33.2 Å². The molecule has 3 rings (SSSR count). The number of hydrogen-bond donors (Lipinski definition) is 1. The molecule has 130 valence electrons. The third-order valence-corrected chi connectivity index (χ3v) is 4.06. The van der Waals surface area contributed by atoms with Gasteiger partial charge < -0.3 is 10.1 Å². The van der Waals surface area contributed by atoms with Crippen LogP contribution in [0.4, 0.5) is 0 Å². The van der Waals surface area contributed by atoms with Gasteiger partial charge in [0.15, 0.2) is 5.65 Å². The molecule has 2 aromatic heterocycles. The highest BCUT2D eigenvalue weighted by atomic mass is 16.5. The van der Waals surface area contributed by atoms with E-state index >= 15 is 0 Å². The van der Waals surface area contributed by atoms with Gasteiger partial charge in [-0.3, -0.25) is 4.79 Å². The molecule has 0 aliphatic carbocycles. The lowest BCUT2D eigenvalue weighted by Gasteiger charge is -2.13. The molecule has 6 nitrogen and oxygen atoms in total. The van der Waals surface area contributed by atoms with Crippen LogP contribution in [0.2, 0.25) is 0 Å². The molecule has 3 aromatic rings. The van der Waals surface area contributed by atoms with Gasteiger partial charge >= 0.3 is 0 Å². The predicted octanol–water partition coefficient (Wildman–Crippen LogP) is 3.18. The van der Waals surface area contributed by atoms with Gasteiger partial charge in [0.1, 0.15) is 5.69 Å². The number of nitrogens with one attached hydrogen (secondary N) is 1. The summed E-state index contributed by atoms with van der Waals surface area (Å²) in [6.07, 6.45) is 2.61. The number of aromatic nitrogens is 3. The summed E-state index contributed by atoms with van der Waals surface area (Å²) in [4.78, 5) is 16.8. The van der Waals surface area contributed by atoms with Crippen molar-refractivity contribution >= 4 is 11.6 Å².